The first-order valence-electron chi connectivity index (χ1n) is 7.57. The highest BCUT2D eigenvalue weighted by Gasteiger charge is 2.22. The molecular weight excluding hydrogens is 398 g/mol. The van der Waals surface area contributed by atoms with Gasteiger partial charge in [0.2, 0.25) is 0 Å². The van der Waals surface area contributed by atoms with Gasteiger partial charge in [-0.1, -0.05) is 35.5 Å². The number of amides is 1. The zero-order chi connectivity index (χ0) is 20.0. The number of carbonyl (C=O) groups excluding carboxylic acids is 2. The molecule has 0 spiro atoms. The van der Waals surface area contributed by atoms with Crippen molar-refractivity contribution in [1.29, 1.82) is 5.26 Å². The van der Waals surface area contributed by atoms with Gasteiger partial charge in [0.15, 0.2) is 6.10 Å². The van der Waals surface area contributed by atoms with Crippen LogP contribution in [0.2, 0.25) is 5.02 Å². The summed E-state index contributed by atoms with van der Waals surface area (Å²) in [5, 5.41) is 11.5. The molecule has 0 aliphatic heterocycles. The molecule has 0 unspecified atom stereocenters. The van der Waals surface area contributed by atoms with E-state index in [-0.39, 0.29) is 32.8 Å². The van der Waals surface area contributed by atoms with E-state index in [2.05, 4.69) is 5.32 Å². The summed E-state index contributed by atoms with van der Waals surface area (Å²) < 4.78 is 30.3. The molecular formula is C18H13ClF2N2O3S. The number of hydrogen-bond donors (Lipinski definition) is 1. The highest BCUT2D eigenvalue weighted by molar-refractivity contribution is 7.99. The zero-order valence-corrected chi connectivity index (χ0v) is 15.5. The number of carbonyl (C=O) groups is 2. The van der Waals surface area contributed by atoms with Gasteiger partial charge in [-0.2, -0.15) is 14.0 Å². The molecule has 0 bridgehead atoms. The lowest BCUT2D eigenvalue weighted by atomic mass is 10.2. The van der Waals surface area contributed by atoms with Crippen LogP contribution in [0.3, 0.4) is 0 Å². The first kappa shape index (κ1) is 20.7. The zero-order valence-electron chi connectivity index (χ0n) is 13.9. The van der Waals surface area contributed by atoms with E-state index in [0.717, 1.165) is 0 Å². The fourth-order valence-corrected chi connectivity index (χ4v) is 2.89. The van der Waals surface area contributed by atoms with Crippen LogP contribution in [0.4, 0.5) is 14.5 Å². The summed E-state index contributed by atoms with van der Waals surface area (Å²) in [5.41, 5.74) is 0.520. The second-order valence-corrected chi connectivity index (χ2v) is 6.66. The van der Waals surface area contributed by atoms with E-state index in [1.54, 1.807) is 0 Å². The quantitative estimate of drug-likeness (QED) is 0.551. The molecule has 1 N–H and O–H groups in total. The smallest absolute Gasteiger partial charge is 0.340 e. The second kappa shape index (κ2) is 9.35. The summed E-state index contributed by atoms with van der Waals surface area (Å²) in [5.74, 6) is -4.22. The summed E-state index contributed by atoms with van der Waals surface area (Å²) in [7, 11) is 0. The van der Waals surface area contributed by atoms with Crippen molar-refractivity contribution in [2.45, 2.75) is 23.7 Å². The molecule has 2 rings (SSSR count). The SMILES string of the molecule is C[C@H](OC(=O)c1ccccc1SC(F)F)C(=O)Nc1ccc(C#N)c(Cl)c1. The predicted molar refractivity (Wildman–Crippen MR) is 98.0 cm³/mol. The van der Waals surface area contributed by atoms with E-state index < -0.39 is 23.7 Å². The molecule has 140 valence electrons. The average Bonchev–Trinajstić information content (AvgIpc) is 2.61. The third-order valence-electron chi connectivity index (χ3n) is 3.33. The normalized spacial score (nSPS) is 11.6. The Bertz CT molecular complexity index is 902. The van der Waals surface area contributed by atoms with Crippen LogP contribution in [0.15, 0.2) is 47.4 Å². The van der Waals surface area contributed by atoms with Crippen LogP contribution in [0.1, 0.15) is 22.8 Å². The van der Waals surface area contributed by atoms with Crippen LogP contribution >= 0.6 is 23.4 Å². The maximum Gasteiger partial charge on any atom is 0.340 e. The fraction of sp³-hybridized carbons (Fsp3) is 0.167. The summed E-state index contributed by atoms with van der Waals surface area (Å²) in [6.45, 7) is 1.35. The monoisotopic (exact) mass is 410 g/mol. The van der Waals surface area contributed by atoms with Crippen molar-refractivity contribution < 1.29 is 23.1 Å². The van der Waals surface area contributed by atoms with Gasteiger partial charge >= 0.3 is 5.97 Å². The van der Waals surface area contributed by atoms with Gasteiger partial charge in [0.05, 0.1) is 16.1 Å². The largest absolute Gasteiger partial charge is 0.449 e. The van der Waals surface area contributed by atoms with Gasteiger partial charge in [0, 0.05) is 10.6 Å². The number of esters is 1. The minimum Gasteiger partial charge on any atom is -0.449 e. The number of rotatable bonds is 6. The van der Waals surface area contributed by atoms with E-state index in [1.807, 2.05) is 6.07 Å². The molecule has 2 aromatic carbocycles. The lowest BCUT2D eigenvalue weighted by molar-refractivity contribution is -0.123. The Labute approximate surface area is 163 Å². The van der Waals surface area contributed by atoms with Crippen LogP contribution in [0.5, 0.6) is 0 Å². The fourth-order valence-electron chi connectivity index (χ4n) is 2.04. The minimum atomic E-state index is -2.69. The average molecular weight is 411 g/mol. The van der Waals surface area contributed by atoms with Gasteiger partial charge < -0.3 is 10.1 Å². The Morgan fingerprint density at radius 2 is 1.96 bits per heavy atom. The summed E-state index contributed by atoms with van der Waals surface area (Å²) in [4.78, 5) is 24.5. The summed E-state index contributed by atoms with van der Waals surface area (Å²) >= 11 is 6.11. The molecule has 0 aliphatic rings. The van der Waals surface area contributed by atoms with Crippen molar-refractivity contribution in [1.82, 2.24) is 0 Å². The van der Waals surface area contributed by atoms with E-state index in [0.29, 0.717) is 5.69 Å². The molecule has 0 heterocycles. The highest BCUT2D eigenvalue weighted by Crippen LogP contribution is 2.29. The maximum absolute atomic E-state index is 12.6. The molecule has 5 nitrogen and oxygen atoms in total. The number of hydrogen-bond acceptors (Lipinski definition) is 5. The van der Waals surface area contributed by atoms with Gasteiger partial charge in [-0.25, -0.2) is 4.79 Å². The Morgan fingerprint density at radius 3 is 2.59 bits per heavy atom. The first-order valence-corrected chi connectivity index (χ1v) is 8.83. The molecule has 0 radical (unpaired) electrons. The molecule has 0 fully saturated rings. The molecule has 0 aliphatic carbocycles. The summed E-state index contributed by atoms with van der Waals surface area (Å²) in [6, 6.07) is 11.9. The van der Waals surface area contributed by atoms with Crippen molar-refractivity contribution in [3.05, 3.63) is 58.6 Å². The highest BCUT2D eigenvalue weighted by atomic mass is 35.5. The van der Waals surface area contributed by atoms with Crippen molar-refractivity contribution >= 4 is 40.9 Å². The lowest BCUT2D eigenvalue weighted by Crippen LogP contribution is -2.30. The number of halogens is 3. The lowest BCUT2D eigenvalue weighted by Gasteiger charge is -2.15. The Balaban J connectivity index is 2.05. The van der Waals surface area contributed by atoms with Gasteiger partial charge in [-0.05, 0) is 37.3 Å². The van der Waals surface area contributed by atoms with Gasteiger partial charge in [0.1, 0.15) is 6.07 Å². The number of alkyl halides is 2. The van der Waals surface area contributed by atoms with Gasteiger partial charge in [-0.15, -0.1) is 0 Å². The second-order valence-electron chi connectivity index (χ2n) is 5.22. The number of benzene rings is 2. The van der Waals surface area contributed by atoms with Crippen LogP contribution < -0.4 is 5.32 Å². The maximum atomic E-state index is 12.6. The predicted octanol–water partition coefficient (Wildman–Crippen LogP) is 4.71. The van der Waals surface area contributed by atoms with Crippen molar-refractivity contribution in [2.24, 2.45) is 0 Å². The van der Waals surface area contributed by atoms with Crippen LogP contribution in [0.25, 0.3) is 0 Å². The molecule has 0 aromatic heterocycles. The third kappa shape index (κ3) is 5.67. The van der Waals surface area contributed by atoms with Crippen molar-refractivity contribution in [2.75, 3.05) is 5.32 Å². The van der Waals surface area contributed by atoms with Gasteiger partial charge in [-0.3, -0.25) is 4.79 Å². The Kier molecular flexibility index (Phi) is 7.16. The topological polar surface area (TPSA) is 79.2 Å². The number of ether oxygens (including phenoxy) is 1. The van der Waals surface area contributed by atoms with Crippen molar-refractivity contribution in [3.63, 3.8) is 0 Å². The van der Waals surface area contributed by atoms with E-state index in [4.69, 9.17) is 21.6 Å². The Hall–Kier alpha value is -2.63. The number of nitriles is 1. The molecule has 1 atom stereocenters. The molecule has 27 heavy (non-hydrogen) atoms. The Morgan fingerprint density at radius 1 is 1.26 bits per heavy atom. The minimum absolute atomic E-state index is 0.0520. The van der Waals surface area contributed by atoms with Crippen LogP contribution in [-0.2, 0) is 9.53 Å². The van der Waals surface area contributed by atoms with Gasteiger partial charge in [0.25, 0.3) is 11.7 Å². The number of nitrogens with zero attached hydrogens (tertiary/aromatic N) is 1. The van der Waals surface area contributed by atoms with Crippen molar-refractivity contribution in [3.8, 4) is 6.07 Å². The number of thioether (sulfide) groups is 1. The van der Waals surface area contributed by atoms with E-state index in [1.165, 1.54) is 49.4 Å². The van der Waals surface area contributed by atoms with E-state index in [9.17, 15) is 18.4 Å². The molecule has 0 saturated heterocycles. The first-order chi connectivity index (χ1) is 12.8. The third-order valence-corrected chi connectivity index (χ3v) is 4.43. The van der Waals surface area contributed by atoms with Crippen LogP contribution in [-0.4, -0.2) is 23.7 Å². The van der Waals surface area contributed by atoms with E-state index >= 15 is 0 Å². The molecule has 1 amide bonds. The summed E-state index contributed by atoms with van der Waals surface area (Å²) in [6.07, 6.45) is -1.18. The number of anilines is 1. The standard InChI is InChI=1S/C18H13ClF2N2O3S/c1-10(16(24)23-12-7-6-11(9-22)14(19)8-12)26-17(25)13-4-2-3-5-15(13)27-18(20)21/h2-8,10,18H,1H3,(H,23,24)/t10-/m0/s1. The molecule has 9 heteroatoms. The van der Waals surface area contributed by atoms with Crippen LogP contribution in [0, 0.1) is 11.3 Å². The number of nitrogens with one attached hydrogen (secondary N) is 1. The molecule has 0 saturated carbocycles. The molecule has 2 aromatic rings.